The maximum atomic E-state index is 5.59. The molecule has 0 radical (unpaired) electrons. The van der Waals surface area contributed by atoms with Crippen LogP contribution >= 0.6 is 15.9 Å². The minimum Gasteiger partial charge on any atom is -0.452 e. The van der Waals surface area contributed by atoms with Crippen LogP contribution in [0.4, 0.5) is 0 Å². The highest BCUT2D eigenvalue weighted by Crippen LogP contribution is 2.47. The van der Waals surface area contributed by atoms with Crippen LogP contribution in [-0.4, -0.2) is 7.05 Å². The fourth-order valence-corrected chi connectivity index (χ4v) is 2.14. The first-order valence-corrected chi connectivity index (χ1v) is 4.92. The molecule has 1 aromatic rings. The molecule has 0 amide bonds. The Kier molecular flexibility index (Phi) is 1.81. The second-order valence-corrected chi connectivity index (χ2v) is 4.18. The number of rotatable bonds is 2. The summed E-state index contributed by atoms with van der Waals surface area (Å²) in [5, 5.41) is 3.31. The summed E-state index contributed by atoms with van der Waals surface area (Å²) in [4.78, 5) is 0. The molecule has 1 saturated carbocycles. The number of hydrogen-bond acceptors (Lipinski definition) is 2. The predicted octanol–water partition coefficient (Wildman–Crippen LogP) is 2.56. The Balaban J connectivity index is 2.39. The van der Waals surface area contributed by atoms with Crippen LogP contribution in [0, 0.1) is 6.92 Å². The van der Waals surface area contributed by atoms with E-state index in [-0.39, 0.29) is 5.54 Å². The Labute approximate surface area is 80.5 Å². The lowest BCUT2D eigenvalue weighted by molar-refractivity contribution is 0.403. The van der Waals surface area contributed by atoms with Crippen molar-refractivity contribution in [2.75, 3.05) is 7.05 Å². The van der Waals surface area contributed by atoms with Crippen molar-refractivity contribution in [1.82, 2.24) is 5.32 Å². The molecule has 0 spiro atoms. The Morgan fingerprint density at radius 1 is 1.58 bits per heavy atom. The smallest absolute Gasteiger partial charge is 0.169 e. The van der Waals surface area contributed by atoms with Crippen molar-refractivity contribution < 1.29 is 4.42 Å². The normalized spacial score (nSPS) is 19.6. The van der Waals surface area contributed by atoms with Crippen molar-refractivity contribution in [3.05, 3.63) is 22.1 Å². The van der Waals surface area contributed by atoms with Crippen LogP contribution in [0.2, 0.25) is 0 Å². The average Bonchev–Trinajstić information content (AvgIpc) is 2.74. The molecule has 1 aliphatic rings. The summed E-state index contributed by atoms with van der Waals surface area (Å²) < 4.78 is 6.42. The first-order valence-electron chi connectivity index (χ1n) is 4.13. The predicted molar refractivity (Wildman–Crippen MR) is 51.1 cm³/mol. The number of aryl methyl sites for hydroxylation is 1. The van der Waals surface area contributed by atoms with Gasteiger partial charge in [-0.1, -0.05) is 0 Å². The molecule has 0 saturated heterocycles. The van der Waals surface area contributed by atoms with Crippen molar-refractivity contribution >= 4 is 15.9 Å². The molecule has 1 fully saturated rings. The van der Waals surface area contributed by atoms with Gasteiger partial charge in [-0.15, -0.1) is 0 Å². The third-order valence-electron chi connectivity index (χ3n) is 2.55. The van der Waals surface area contributed by atoms with E-state index in [2.05, 4.69) is 28.2 Å². The zero-order valence-corrected chi connectivity index (χ0v) is 8.86. The highest BCUT2D eigenvalue weighted by Gasteiger charge is 2.46. The van der Waals surface area contributed by atoms with Gasteiger partial charge in [0.2, 0.25) is 0 Å². The molecule has 1 heterocycles. The Morgan fingerprint density at radius 2 is 2.25 bits per heavy atom. The third kappa shape index (κ3) is 1.12. The zero-order chi connectivity index (χ0) is 8.77. The van der Waals surface area contributed by atoms with Gasteiger partial charge in [-0.2, -0.15) is 0 Å². The molecule has 0 aliphatic heterocycles. The number of halogens is 1. The van der Waals surface area contributed by atoms with Gasteiger partial charge in [-0.25, -0.2) is 0 Å². The van der Waals surface area contributed by atoms with Crippen LogP contribution in [-0.2, 0) is 5.54 Å². The lowest BCUT2D eigenvalue weighted by Crippen LogP contribution is -2.24. The van der Waals surface area contributed by atoms with Gasteiger partial charge < -0.3 is 9.73 Å². The van der Waals surface area contributed by atoms with Crippen LogP contribution in [0.1, 0.15) is 24.2 Å². The van der Waals surface area contributed by atoms with Crippen LogP contribution in [0.3, 0.4) is 0 Å². The van der Waals surface area contributed by atoms with E-state index in [1.54, 1.807) is 0 Å². The van der Waals surface area contributed by atoms with Crippen LogP contribution in [0.25, 0.3) is 0 Å². The molecule has 2 rings (SSSR count). The topological polar surface area (TPSA) is 25.2 Å². The van der Waals surface area contributed by atoms with E-state index in [1.165, 1.54) is 18.4 Å². The van der Waals surface area contributed by atoms with E-state index >= 15 is 0 Å². The van der Waals surface area contributed by atoms with Gasteiger partial charge in [0.05, 0.1) is 5.54 Å². The minimum atomic E-state index is 0.149. The lowest BCUT2D eigenvalue weighted by atomic mass is 10.1. The standard InChI is InChI=1S/C9H12BrNO/c1-6-5-7(10)12-8(6)9(11-2)3-4-9/h5,11H,3-4H2,1-2H3. The van der Waals surface area contributed by atoms with Crippen LogP contribution in [0.5, 0.6) is 0 Å². The van der Waals surface area contributed by atoms with Gasteiger partial charge in [0.1, 0.15) is 5.76 Å². The summed E-state index contributed by atoms with van der Waals surface area (Å²) in [5.41, 5.74) is 1.38. The molecule has 0 atom stereocenters. The van der Waals surface area contributed by atoms with Crippen molar-refractivity contribution in [1.29, 1.82) is 0 Å². The van der Waals surface area contributed by atoms with E-state index in [0.29, 0.717) is 0 Å². The largest absolute Gasteiger partial charge is 0.452 e. The zero-order valence-electron chi connectivity index (χ0n) is 7.28. The average molecular weight is 230 g/mol. The molecule has 2 nitrogen and oxygen atoms in total. The SMILES string of the molecule is CNC1(c2oc(Br)cc2C)CC1. The van der Waals surface area contributed by atoms with E-state index in [1.807, 2.05) is 13.1 Å². The summed E-state index contributed by atoms with van der Waals surface area (Å²) in [7, 11) is 1.99. The second-order valence-electron chi connectivity index (χ2n) is 3.39. The minimum absolute atomic E-state index is 0.149. The maximum absolute atomic E-state index is 5.59. The van der Waals surface area contributed by atoms with Crippen LogP contribution in [0.15, 0.2) is 15.2 Å². The van der Waals surface area contributed by atoms with Crippen molar-refractivity contribution in [3.8, 4) is 0 Å². The van der Waals surface area contributed by atoms with Gasteiger partial charge in [-0.05, 0) is 54.4 Å². The second kappa shape index (κ2) is 2.60. The molecular weight excluding hydrogens is 218 g/mol. The highest BCUT2D eigenvalue weighted by atomic mass is 79.9. The van der Waals surface area contributed by atoms with Gasteiger partial charge in [0, 0.05) is 0 Å². The Morgan fingerprint density at radius 3 is 2.58 bits per heavy atom. The highest BCUT2D eigenvalue weighted by molar-refractivity contribution is 9.10. The fourth-order valence-electron chi connectivity index (χ4n) is 1.63. The third-order valence-corrected chi connectivity index (χ3v) is 2.94. The van der Waals surface area contributed by atoms with E-state index in [0.717, 1.165) is 10.4 Å². The molecule has 1 N–H and O–H groups in total. The summed E-state index contributed by atoms with van der Waals surface area (Å²) in [6.07, 6.45) is 2.37. The Bertz CT molecular complexity index is 301. The van der Waals surface area contributed by atoms with E-state index in [4.69, 9.17) is 4.42 Å². The van der Waals surface area contributed by atoms with Gasteiger partial charge >= 0.3 is 0 Å². The van der Waals surface area contributed by atoms with Crippen LogP contribution < -0.4 is 5.32 Å². The van der Waals surface area contributed by atoms with E-state index < -0.39 is 0 Å². The Hall–Kier alpha value is -0.280. The lowest BCUT2D eigenvalue weighted by Gasteiger charge is -2.11. The molecule has 66 valence electrons. The first-order chi connectivity index (χ1) is 5.68. The molecule has 3 heteroatoms. The molecule has 1 aliphatic carbocycles. The summed E-state index contributed by atoms with van der Waals surface area (Å²) >= 11 is 3.34. The molecular formula is C9H12BrNO. The number of hydrogen-bond donors (Lipinski definition) is 1. The first kappa shape index (κ1) is 8.32. The van der Waals surface area contributed by atoms with E-state index in [9.17, 15) is 0 Å². The summed E-state index contributed by atoms with van der Waals surface area (Å²) in [6, 6.07) is 2.02. The number of nitrogens with one attached hydrogen (secondary N) is 1. The molecule has 1 aromatic heterocycles. The van der Waals surface area contributed by atoms with Crippen molar-refractivity contribution in [3.63, 3.8) is 0 Å². The molecule has 0 bridgehead atoms. The maximum Gasteiger partial charge on any atom is 0.169 e. The summed E-state index contributed by atoms with van der Waals surface area (Å²) in [5.74, 6) is 1.09. The summed E-state index contributed by atoms with van der Waals surface area (Å²) in [6.45, 7) is 2.08. The quantitative estimate of drug-likeness (QED) is 0.844. The van der Waals surface area contributed by atoms with Gasteiger partial charge in [0.25, 0.3) is 0 Å². The molecule has 12 heavy (non-hydrogen) atoms. The molecule has 0 aromatic carbocycles. The fraction of sp³-hybridized carbons (Fsp3) is 0.556. The van der Waals surface area contributed by atoms with Gasteiger partial charge in [-0.3, -0.25) is 0 Å². The number of furan rings is 1. The molecule has 0 unspecified atom stereocenters. The van der Waals surface area contributed by atoms with Crippen molar-refractivity contribution in [2.45, 2.75) is 25.3 Å². The van der Waals surface area contributed by atoms with Crippen molar-refractivity contribution in [2.24, 2.45) is 0 Å². The van der Waals surface area contributed by atoms with Gasteiger partial charge in [0.15, 0.2) is 4.67 Å². The monoisotopic (exact) mass is 229 g/mol.